The Balaban J connectivity index is 2.33. The van der Waals surface area contributed by atoms with Gasteiger partial charge in [-0.15, -0.1) is 6.58 Å². The van der Waals surface area contributed by atoms with Gasteiger partial charge >= 0.3 is 0 Å². The predicted octanol–water partition coefficient (Wildman–Crippen LogP) is 4.27. The monoisotopic (exact) mass is 248 g/mol. The second kappa shape index (κ2) is 4.94. The summed E-state index contributed by atoms with van der Waals surface area (Å²) in [6.07, 6.45) is 0.641. The molecule has 0 aliphatic heterocycles. The minimum Gasteiger partial charge on any atom is -0.458 e. The maximum Gasteiger partial charge on any atom is 0.136 e. The van der Waals surface area contributed by atoms with Crippen LogP contribution in [0.1, 0.15) is 37.2 Å². The molecule has 0 aliphatic rings. The molecule has 1 atom stereocenters. The number of aryl methyl sites for hydroxylation is 1. The van der Waals surface area contributed by atoms with E-state index in [0.29, 0.717) is 17.8 Å². The van der Waals surface area contributed by atoms with Crippen LogP contribution in [0.5, 0.6) is 0 Å². The summed E-state index contributed by atoms with van der Waals surface area (Å²) >= 11 is 0. The first-order valence-electron chi connectivity index (χ1n) is 6.00. The summed E-state index contributed by atoms with van der Waals surface area (Å²) in [4.78, 5) is 0. The molecule has 0 radical (unpaired) electrons. The van der Waals surface area contributed by atoms with E-state index in [9.17, 15) is 9.50 Å². The van der Waals surface area contributed by atoms with E-state index in [2.05, 4.69) is 6.58 Å². The molecule has 2 aromatic rings. The van der Waals surface area contributed by atoms with Crippen molar-refractivity contribution in [3.05, 3.63) is 47.5 Å². The fourth-order valence-corrected chi connectivity index (χ4v) is 2.04. The Hall–Kier alpha value is -1.61. The van der Waals surface area contributed by atoms with Gasteiger partial charge in [0.1, 0.15) is 23.3 Å². The Morgan fingerprint density at radius 1 is 1.50 bits per heavy atom. The molecular weight excluding hydrogens is 231 g/mol. The number of hydrogen-bond donors (Lipinski definition) is 1. The molecule has 2 nitrogen and oxygen atoms in total. The van der Waals surface area contributed by atoms with Gasteiger partial charge in [0.05, 0.1) is 0 Å². The average molecular weight is 248 g/mol. The Morgan fingerprint density at radius 3 is 2.89 bits per heavy atom. The number of benzene rings is 1. The van der Waals surface area contributed by atoms with Crippen LogP contribution >= 0.6 is 0 Å². The molecule has 0 amide bonds. The molecule has 1 aromatic carbocycles. The molecule has 1 unspecified atom stereocenters. The Morgan fingerprint density at radius 2 is 2.22 bits per heavy atom. The summed E-state index contributed by atoms with van der Waals surface area (Å²) in [5, 5.41) is 10.8. The van der Waals surface area contributed by atoms with Gasteiger partial charge in [0.25, 0.3) is 0 Å². The van der Waals surface area contributed by atoms with Crippen molar-refractivity contribution in [2.24, 2.45) is 0 Å². The maximum atomic E-state index is 13.2. The van der Waals surface area contributed by atoms with Crippen LogP contribution in [-0.4, -0.2) is 5.11 Å². The minimum absolute atomic E-state index is 0.297. The number of aliphatic hydroxyl groups excluding tert-OH is 1. The molecule has 0 saturated heterocycles. The van der Waals surface area contributed by atoms with E-state index in [1.807, 2.05) is 13.8 Å². The van der Waals surface area contributed by atoms with Crippen molar-refractivity contribution < 1.29 is 13.9 Å². The molecular formula is C15H17FO2. The number of halogens is 1. The normalized spacial score (nSPS) is 12.9. The number of rotatable bonds is 4. The average Bonchev–Trinajstić information content (AvgIpc) is 2.64. The van der Waals surface area contributed by atoms with Gasteiger partial charge in [-0.1, -0.05) is 5.57 Å². The predicted molar refractivity (Wildman–Crippen MR) is 69.9 cm³/mol. The van der Waals surface area contributed by atoms with Crippen LogP contribution in [0, 0.1) is 12.7 Å². The number of hydrogen-bond acceptors (Lipinski definition) is 2. The van der Waals surface area contributed by atoms with E-state index in [1.54, 1.807) is 6.07 Å². The highest BCUT2D eigenvalue weighted by molar-refractivity contribution is 5.82. The third-order valence-corrected chi connectivity index (χ3v) is 3.08. The summed E-state index contributed by atoms with van der Waals surface area (Å²) < 4.78 is 18.8. The molecule has 3 heteroatoms. The van der Waals surface area contributed by atoms with Gasteiger partial charge in [0, 0.05) is 10.9 Å². The quantitative estimate of drug-likeness (QED) is 0.820. The molecule has 2 rings (SSSR count). The van der Waals surface area contributed by atoms with Crippen molar-refractivity contribution in [3.63, 3.8) is 0 Å². The Bertz CT molecular complexity index is 583. The van der Waals surface area contributed by atoms with Crippen molar-refractivity contribution in [2.75, 3.05) is 0 Å². The minimum atomic E-state index is -0.669. The van der Waals surface area contributed by atoms with Crippen LogP contribution in [0.25, 0.3) is 11.0 Å². The van der Waals surface area contributed by atoms with E-state index in [4.69, 9.17) is 4.42 Å². The van der Waals surface area contributed by atoms with Gasteiger partial charge in [-0.2, -0.15) is 0 Å². The summed E-state index contributed by atoms with van der Waals surface area (Å²) in [6.45, 7) is 7.57. The first-order chi connectivity index (χ1) is 8.49. The molecule has 0 fully saturated rings. The fraction of sp³-hybridized carbons (Fsp3) is 0.333. The first kappa shape index (κ1) is 12.8. The zero-order valence-corrected chi connectivity index (χ0v) is 10.7. The highest BCUT2D eigenvalue weighted by Gasteiger charge is 2.18. The fourth-order valence-electron chi connectivity index (χ4n) is 2.04. The van der Waals surface area contributed by atoms with Crippen LogP contribution in [0.15, 0.2) is 34.8 Å². The van der Waals surface area contributed by atoms with Crippen LogP contribution in [0.4, 0.5) is 4.39 Å². The SMILES string of the molecule is C=C(C)CCC(O)c1oc2ccc(F)cc2c1C. The van der Waals surface area contributed by atoms with Crippen LogP contribution in [-0.2, 0) is 0 Å². The van der Waals surface area contributed by atoms with E-state index >= 15 is 0 Å². The third-order valence-electron chi connectivity index (χ3n) is 3.08. The van der Waals surface area contributed by atoms with Crippen molar-refractivity contribution in [1.29, 1.82) is 0 Å². The maximum absolute atomic E-state index is 13.2. The van der Waals surface area contributed by atoms with Crippen molar-refractivity contribution >= 4 is 11.0 Å². The van der Waals surface area contributed by atoms with Gasteiger partial charge in [-0.25, -0.2) is 4.39 Å². The van der Waals surface area contributed by atoms with E-state index in [1.165, 1.54) is 12.1 Å². The highest BCUT2D eigenvalue weighted by atomic mass is 19.1. The molecule has 1 heterocycles. The molecule has 0 spiro atoms. The van der Waals surface area contributed by atoms with Crippen LogP contribution in [0.3, 0.4) is 0 Å². The lowest BCUT2D eigenvalue weighted by Gasteiger charge is -2.08. The smallest absolute Gasteiger partial charge is 0.136 e. The van der Waals surface area contributed by atoms with Gasteiger partial charge in [-0.05, 0) is 44.9 Å². The van der Waals surface area contributed by atoms with Crippen molar-refractivity contribution in [2.45, 2.75) is 32.8 Å². The van der Waals surface area contributed by atoms with Gasteiger partial charge < -0.3 is 9.52 Å². The van der Waals surface area contributed by atoms with Crippen LogP contribution < -0.4 is 0 Å². The van der Waals surface area contributed by atoms with E-state index < -0.39 is 6.10 Å². The van der Waals surface area contributed by atoms with Gasteiger partial charge in [-0.3, -0.25) is 0 Å². The summed E-state index contributed by atoms with van der Waals surface area (Å²) in [5.41, 5.74) is 2.44. The molecule has 96 valence electrons. The summed E-state index contributed by atoms with van der Waals surface area (Å²) in [7, 11) is 0. The second-order valence-corrected chi connectivity index (χ2v) is 4.74. The third kappa shape index (κ3) is 2.46. The number of fused-ring (bicyclic) bond motifs is 1. The summed E-state index contributed by atoms with van der Waals surface area (Å²) in [5.74, 6) is 0.228. The van der Waals surface area contributed by atoms with Crippen molar-refractivity contribution in [1.82, 2.24) is 0 Å². The number of aliphatic hydroxyl groups is 1. The molecule has 18 heavy (non-hydrogen) atoms. The molecule has 1 N–H and O–H groups in total. The molecule has 1 aromatic heterocycles. The topological polar surface area (TPSA) is 33.4 Å². The lowest BCUT2D eigenvalue weighted by atomic mass is 10.0. The largest absolute Gasteiger partial charge is 0.458 e. The first-order valence-corrected chi connectivity index (χ1v) is 6.00. The number of furan rings is 1. The van der Waals surface area contributed by atoms with Gasteiger partial charge in [0.2, 0.25) is 0 Å². The van der Waals surface area contributed by atoms with E-state index in [0.717, 1.165) is 22.9 Å². The Labute approximate surface area is 106 Å². The zero-order chi connectivity index (χ0) is 13.3. The Kier molecular flexibility index (Phi) is 3.53. The van der Waals surface area contributed by atoms with Crippen molar-refractivity contribution in [3.8, 4) is 0 Å². The zero-order valence-electron chi connectivity index (χ0n) is 10.7. The van der Waals surface area contributed by atoms with Crippen LogP contribution in [0.2, 0.25) is 0 Å². The number of allylic oxidation sites excluding steroid dienone is 1. The summed E-state index contributed by atoms with van der Waals surface area (Å²) in [6, 6.07) is 4.38. The standard InChI is InChI=1S/C15H17FO2/c1-9(2)4-6-13(17)15-10(3)12-8-11(16)5-7-14(12)18-15/h5,7-8,13,17H,1,4,6H2,2-3H3. The second-order valence-electron chi connectivity index (χ2n) is 4.74. The lowest BCUT2D eigenvalue weighted by molar-refractivity contribution is 0.142. The molecule has 0 aliphatic carbocycles. The van der Waals surface area contributed by atoms with Gasteiger partial charge in [0.15, 0.2) is 0 Å². The lowest BCUT2D eigenvalue weighted by Crippen LogP contribution is -1.97. The highest BCUT2D eigenvalue weighted by Crippen LogP contribution is 2.32. The molecule has 0 bridgehead atoms. The molecule has 0 saturated carbocycles. The van der Waals surface area contributed by atoms with E-state index in [-0.39, 0.29) is 5.82 Å².